The average molecular weight is 570 g/mol. The molecule has 2 N–H and O–H groups in total. The van der Waals surface area contributed by atoms with Gasteiger partial charge in [0.2, 0.25) is 17.7 Å². The Bertz CT molecular complexity index is 1380. The molecule has 2 saturated heterocycles. The number of likely N-dealkylation sites (tertiary alicyclic amines) is 1. The smallest absolute Gasteiger partial charge is 0.246 e. The number of hydrogen-bond acceptors (Lipinski definition) is 4. The molecular weight excluding hydrogens is 526 g/mol. The van der Waals surface area contributed by atoms with E-state index in [1.54, 1.807) is 4.90 Å². The molecule has 3 heterocycles. The molecule has 1 spiro atoms. The lowest BCUT2D eigenvalue weighted by Gasteiger charge is -2.38. The van der Waals surface area contributed by atoms with Gasteiger partial charge in [-0.05, 0) is 54.4 Å². The third-order valence-electron chi connectivity index (χ3n) is 10.3. The molecule has 3 amide bonds. The van der Waals surface area contributed by atoms with Crippen LogP contribution in [-0.4, -0.2) is 46.4 Å². The molecule has 4 aliphatic rings. The molecule has 3 fully saturated rings. The van der Waals surface area contributed by atoms with E-state index in [4.69, 9.17) is 4.74 Å². The summed E-state index contributed by atoms with van der Waals surface area (Å²) in [5.74, 6) is -0.904. The summed E-state index contributed by atoms with van der Waals surface area (Å²) in [7, 11) is 0. The Kier molecular flexibility index (Phi) is 7.50. The summed E-state index contributed by atoms with van der Waals surface area (Å²) < 4.78 is 6.54. The zero-order valence-electron chi connectivity index (χ0n) is 25.3. The van der Waals surface area contributed by atoms with Crippen molar-refractivity contribution >= 4 is 23.4 Å². The number of fused-ring (bicyclic) bond motifs is 1. The maximum absolute atomic E-state index is 14.3. The molecule has 1 aliphatic carbocycles. The van der Waals surface area contributed by atoms with E-state index in [0.29, 0.717) is 23.4 Å². The van der Waals surface area contributed by atoms with Crippen LogP contribution in [0.5, 0.6) is 0 Å². The van der Waals surface area contributed by atoms with E-state index >= 15 is 0 Å². The summed E-state index contributed by atoms with van der Waals surface area (Å²) in [5.41, 5.74) is 2.75. The summed E-state index contributed by atoms with van der Waals surface area (Å²) >= 11 is 0. The Hall–Kier alpha value is -3.45. The minimum atomic E-state index is -1.18. The van der Waals surface area contributed by atoms with Crippen molar-refractivity contribution in [3.63, 3.8) is 0 Å². The van der Waals surface area contributed by atoms with Gasteiger partial charge in [0.15, 0.2) is 0 Å². The minimum absolute atomic E-state index is 0.0449. The Morgan fingerprint density at radius 3 is 2.43 bits per heavy atom. The van der Waals surface area contributed by atoms with E-state index in [1.807, 2.05) is 67.6 Å². The van der Waals surface area contributed by atoms with Crippen molar-refractivity contribution in [3.8, 4) is 0 Å². The van der Waals surface area contributed by atoms with Gasteiger partial charge in [-0.1, -0.05) is 94.7 Å². The molecule has 0 radical (unpaired) electrons. The van der Waals surface area contributed by atoms with Gasteiger partial charge < -0.3 is 20.3 Å². The zero-order chi connectivity index (χ0) is 29.8. The number of anilines is 1. The topological polar surface area (TPSA) is 87.7 Å². The molecule has 6 rings (SSSR count). The summed E-state index contributed by atoms with van der Waals surface area (Å²) in [6, 6.07) is 15.0. The van der Waals surface area contributed by atoms with E-state index in [1.165, 1.54) is 5.56 Å². The van der Waals surface area contributed by atoms with Gasteiger partial charge in [0.05, 0.1) is 17.9 Å². The Balaban J connectivity index is 1.30. The molecule has 7 nitrogen and oxygen atoms in total. The molecule has 3 aliphatic heterocycles. The Labute approximate surface area is 249 Å². The first-order valence-electron chi connectivity index (χ1n) is 15.5. The van der Waals surface area contributed by atoms with Crippen molar-refractivity contribution in [2.24, 2.45) is 23.7 Å². The summed E-state index contributed by atoms with van der Waals surface area (Å²) in [4.78, 5) is 44.0. The first-order valence-corrected chi connectivity index (χ1v) is 15.5. The van der Waals surface area contributed by atoms with Gasteiger partial charge in [0, 0.05) is 18.3 Å². The standard InChI is InChI=1S/C35H43N3O4/c1-20(2)25-13-15-26(16-14-25)36-32(39)29-28-17-18-35(42-28)30(29)34(41)38(19-24-11-9-21(3)10-12-24)31(35)33(40)37-27-8-6-7-22(4)23(27)5/h9-18,20,22-23,27-31H,6-8,19H2,1-5H3,(H,36,39)(H,37,40)/t22-,23-,27-,28-,29-,30-,31+,35+/m1/s1. The van der Waals surface area contributed by atoms with Gasteiger partial charge in [-0.25, -0.2) is 0 Å². The summed E-state index contributed by atoms with van der Waals surface area (Å²) in [6.07, 6.45) is 6.35. The number of nitrogens with one attached hydrogen (secondary N) is 2. The number of carbonyl (C=O) groups excluding carboxylic acids is 3. The van der Waals surface area contributed by atoms with Gasteiger partial charge in [0.25, 0.3) is 0 Å². The van der Waals surface area contributed by atoms with Crippen LogP contribution in [0.4, 0.5) is 5.69 Å². The van der Waals surface area contributed by atoms with Crippen LogP contribution in [-0.2, 0) is 25.7 Å². The van der Waals surface area contributed by atoms with E-state index in [2.05, 4.69) is 38.3 Å². The van der Waals surface area contributed by atoms with Gasteiger partial charge in [0.1, 0.15) is 11.6 Å². The minimum Gasteiger partial charge on any atom is -0.359 e. The van der Waals surface area contributed by atoms with Crippen molar-refractivity contribution in [3.05, 3.63) is 77.4 Å². The second-order valence-electron chi connectivity index (χ2n) is 13.3. The van der Waals surface area contributed by atoms with Crippen LogP contribution in [0, 0.1) is 30.6 Å². The second kappa shape index (κ2) is 11.0. The van der Waals surface area contributed by atoms with Crippen LogP contribution in [0.15, 0.2) is 60.7 Å². The number of nitrogens with zero attached hydrogens (tertiary/aromatic N) is 1. The summed E-state index contributed by atoms with van der Waals surface area (Å²) in [5, 5.41) is 6.36. The van der Waals surface area contributed by atoms with Crippen molar-refractivity contribution in [2.75, 3.05) is 5.32 Å². The molecular formula is C35H43N3O4. The monoisotopic (exact) mass is 569 g/mol. The SMILES string of the molecule is Cc1ccc(CN2C(=O)[C@H]3[C@H](C(=O)Nc4ccc(C(C)C)cc4)[C@H]4C=C[C@@]3(O4)[C@@H]2C(=O)N[C@@H]2CCC[C@@H](C)[C@H]2C)cc1. The lowest BCUT2D eigenvalue weighted by molar-refractivity contribution is -0.142. The lowest BCUT2D eigenvalue weighted by atomic mass is 9.73. The lowest BCUT2D eigenvalue weighted by Crippen LogP contribution is -2.57. The average Bonchev–Trinajstić information content (AvgIpc) is 3.60. The van der Waals surface area contributed by atoms with E-state index < -0.39 is 29.6 Å². The molecule has 0 aromatic heterocycles. The van der Waals surface area contributed by atoms with Crippen LogP contribution >= 0.6 is 0 Å². The number of aryl methyl sites for hydroxylation is 1. The van der Waals surface area contributed by atoms with E-state index in [-0.39, 0.29) is 30.3 Å². The van der Waals surface area contributed by atoms with Gasteiger partial charge >= 0.3 is 0 Å². The molecule has 222 valence electrons. The number of carbonyl (C=O) groups is 3. The molecule has 2 aromatic rings. The Morgan fingerprint density at radius 1 is 1.02 bits per heavy atom. The van der Waals surface area contributed by atoms with Gasteiger partial charge in [-0.3, -0.25) is 14.4 Å². The van der Waals surface area contributed by atoms with Gasteiger partial charge in [-0.2, -0.15) is 0 Å². The fourth-order valence-corrected chi connectivity index (χ4v) is 7.55. The van der Waals surface area contributed by atoms with E-state index in [0.717, 1.165) is 30.4 Å². The van der Waals surface area contributed by atoms with Crippen LogP contribution in [0.1, 0.15) is 69.6 Å². The predicted molar refractivity (Wildman–Crippen MR) is 163 cm³/mol. The van der Waals surface area contributed by atoms with Crippen LogP contribution in [0.2, 0.25) is 0 Å². The highest BCUT2D eigenvalue weighted by Gasteiger charge is 2.72. The fraction of sp³-hybridized carbons (Fsp3) is 0.514. The van der Waals surface area contributed by atoms with Crippen LogP contribution in [0.25, 0.3) is 0 Å². The number of hydrogen-bond donors (Lipinski definition) is 2. The first kappa shape index (κ1) is 28.7. The molecule has 8 atom stereocenters. The summed E-state index contributed by atoms with van der Waals surface area (Å²) in [6.45, 7) is 11.0. The third-order valence-corrected chi connectivity index (χ3v) is 10.3. The van der Waals surface area contributed by atoms with Crippen molar-refractivity contribution < 1.29 is 19.1 Å². The van der Waals surface area contributed by atoms with Crippen molar-refractivity contribution in [1.82, 2.24) is 10.2 Å². The predicted octanol–water partition coefficient (Wildman–Crippen LogP) is 5.35. The molecule has 0 unspecified atom stereocenters. The Morgan fingerprint density at radius 2 is 1.74 bits per heavy atom. The maximum atomic E-state index is 14.3. The number of benzene rings is 2. The number of amides is 3. The second-order valence-corrected chi connectivity index (χ2v) is 13.3. The number of rotatable bonds is 7. The highest BCUT2D eigenvalue weighted by atomic mass is 16.5. The molecule has 2 aromatic carbocycles. The van der Waals surface area contributed by atoms with Gasteiger partial charge in [-0.15, -0.1) is 0 Å². The first-order chi connectivity index (χ1) is 20.1. The van der Waals surface area contributed by atoms with Crippen molar-refractivity contribution in [2.45, 2.75) is 90.1 Å². The normalized spacial score (nSPS) is 33.2. The molecule has 2 bridgehead atoms. The third kappa shape index (κ3) is 4.85. The largest absolute Gasteiger partial charge is 0.359 e. The highest BCUT2D eigenvalue weighted by molar-refractivity contribution is 6.02. The van der Waals surface area contributed by atoms with Crippen molar-refractivity contribution in [1.29, 1.82) is 0 Å². The molecule has 7 heteroatoms. The maximum Gasteiger partial charge on any atom is 0.246 e. The fourth-order valence-electron chi connectivity index (χ4n) is 7.55. The number of ether oxygens (including phenoxy) is 1. The van der Waals surface area contributed by atoms with Crippen LogP contribution < -0.4 is 10.6 Å². The highest BCUT2D eigenvalue weighted by Crippen LogP contribution is 2.55. The molecule has 1 saturated carbocycles. The molecule has 42 heavy (non-hydrogen) atoms. The van der Waals surface area contributed by atoms with Crippen LogP contribution in [0.3, 0.4) is 0 Å². The zero-order valence-corrected chi connectivity index (χ0v) is 25.3. The quantitative estimate of drug-likeness (QED) is 0.440. The van der Waals surface area contributed by atoms with E-state index in [9.17, 15) is 14.4 Å².